The third kappa shape index (κ3) is 5.11. The van der Waals surface area contributed by atoms with Gasteiger partial charge < -0.3 is 15.2 Å². The van der Waals surface area contributed by atoms with Crippen molar-refractivity contribution in [3.05, 3.63) is 36.0 Å². The SMILES string of the molecule is CC(=O)N(CCC(C)C)CC(=O)NCCc1c[nH]c2ccccc12. The molecule has 0 radical (unpaired) electrons. The zero-order valence-electron chi connectivity index (χ0n) is 14.8. The smallest absolute Gasteiger partial charge is 0.239 e. The van der Waals surface area contributed by atoms with E-state index in [2.05, 4.69) is 30.2 Å². The number of rotatable bonds is 8. The maximum Gasteiger partial charge on any atom is 0.239 e. The molecule has 0 saturated heterocycles. The quantitative estimate of drug-likeness (QED) is 0.782. The molecule has 0 saturated carbocycles. The first-order chi connectivity index (χ1) is 11.5. The summed E-state index contributed by atoms with van der Waals surface area (Å²) in [4.78, 5) is 28.6. The van der Waals surface area contributed by atoms with Crippen molar-refractivity contribution in [2.75, 3.05) is 19.6 Å². The summed E-state index contributed by atoms with van der Waals surface area (Å²) in [5.74, 6) is 0.355. The highest BCUT2D eigenvalue weighted by molar-refractivity contribution is 5.84. The molecule has 1 heterocycles. The van der Waals surface area contributed by atoms with E-state index in [-0.39, 0.29) is 18.4 Å². The Morgan fingerprint density at radius 2 is 2.00 bits per heavy atom. The zero-order valence-corrected chi connectivity index (χ0v) is 14.8. The highest BCUT2D eigenvalue weighted by Gasteiger charge is 2.13. The molecule has 0 fully saturated rings. The number of para-hydroxylation sites is 1. The average Bonchev–Trinajstić information content (AvgIpc) is 2.94. The molecule has 0 unspecified atom stereocenters. The van der Waals surface area contributed by atoms with Crippen LogP contribution in [0, 0.1) is 5.92 Å². The number of carbonyl (C=O) groups is 2. The molecule has 1 aromatic carbocycles. The second kappa shape index (κ2) is 8.52. The highest BCUT2D eigenvalue weighted by Crippen LogP contribution is 2.17. The van der Waals surface area contributed by atoms with Gasteiger partial charge in [-0.15, -0.1) is 0 Å². The van der Waals surface area contributed by atoms with Crippen LogP contribution < -0.4 is 5.32 Å². The molecule has 0 aliphatic heterocycles. The van der Waals surface area contributed by atoms with E-state index in [1.165, 1.54) is 17.9 Å². The van der Waals surface area contributed by atoms with E-state index in [0.29, 0.717) is 19.0 Å². The van der Waals surface area contributed by atoms with Gasteiger partial charge in [-0.2, -0.15) is 0 Å². The van der Waals surface area contributed by atoms with E-state index in [4.69, 9.17) is 0 Å². The second-order valence-corrected chi connectivity index (χ2v) is 6.58. The molecule has 130 valence electrons. The molecule has 2 N–H and O–H groups in total. The fraction of sp³-hybridized carbons (Fsp3) is 0.474. The summed E-state index contributed by atoms with van der Waals surface area (Å²) in [5.41, 5.74) is 2.30. The number of benzene rings is 1. The van der Waals surface area contributed by atoms with Crippen LogP contribution in [0.5, 0.6) is 0 Å². The Labute approximate surface area is 143 Å². The molecule has 24 heavy (non-hydrogen) atoms. The number of nitrogens with one attached hydrogen (secondary N) is 2. The van der Waals surface area contributed by atoms with Crippen molar-refractivity contribution >= 4 is 22.7 Å². The molecule has 2 amide bonds. The van der Waals surface area contributed by atoms with Crippen LogP contribution in [0.2, 0.25) is 0 Å². The number of hydrogen-bond acceptors (Lipinski definition) is 2. The molecule has 5 nitrogen and oxygen atoms in total. The number of fused-ring (bicyclic) bond motifs is 1. The molecule has 0 bridgehead atoms. The zero-order chi connectivity index (χ0) is 17.5. The van der Waals surface area contributed by atoms with Gasteiger partial charge in [-0.3, -0.25) is 9.59 Å². The third-order valence-corrected chi connectivity index (χ3v) is 4.15. The van der Waals surface area contributed by atoms with Crippen LogP contribution in [0.3, 0.4) is 0 Å². The van der Waals surface area contributed by atoms with Gasteiger partial charge in [0.25, 0.3) is 0 Å². The lowest BCUT2D eigenvalue weighted by molar-refractivity contribution is -0.134. The molecular formula is C19H27N3O2. The maximum absolute atomic E-state index is 12.1. The first-order valence-electron chi connectivity index (χ1n) is 8.54. The molecule has 0 aliphatic rings. The van der Waals surface area contributed by atoms with Gasteiger partial charge >= 0.3 is 0 Å². The van der Waals surface area contributed by atoms with Crippen molar-refractivity contribution in [3.8, 4) is 0 Å². The van der Waals surface area contributed by atoms with Crippen LogP contribution in [0.15, 0.2) is 30.5 Å². The number of hydrogen-bond donors (Lipinski definition) is 2. The standard InChI is InChI=1S/C19H27N3O2/c1-14(2)9-11-22(15(3)23)13-19(24)20-10-8-16-12-21-18-7-5-4-6-17(16)18/h4-7,12,14,21H,8-11,13H2,1-3H3,(H,20,24). The summed E-state index contributed by atoms with van der Waals surface area (Å²) in [6.07, 6.45) is 3.66. The lowest BCUT2D eigenvalue weighted by Gasteiger charge is -2.21. The highest BCUT2D eigenvalue weighted by atomic mass is 16.2. The Kier molecular flexibility index (Phi) is 6.41. The van der Waals surface area contributed by atoms with E-state index < -0.39 is 0 Å². The largest absolute Gasteiger partial charge is 0.361 e. The minimum Gasteiger partial charge on any atom is -0.361 e. The van der Waals surface area contributed by atoms with Crippen LogP contribution in [-0.2, 0) is 16.0 Å². The van der Waals surface area contributed by atoms with E-state index in [9.17, 15) is 9.59 Å². The van der Waals surface area contributed by atoms with Crippen molar-refractivity contribution in [2.45, 2.75) is 33.6 Å². The number of nitrogens with zero attached hydrogens (tertiary/aromatic N) is 1. The fourth-order valence-corrected chi connectivity index (χ4v) is 2.67. The van der Waals surface area contributed by atoms with Crippen LogP contribution >= 0.6 is 0 Å². The number of H-pyrrole nitrogens is 1. The molecule has 2 rings (SSSR count). The van der Waals surface area contributed by atoms with Crippen molar-refractivity contribution < 1.29 is 9.59 Å². The molecule has 2 aromatic rings. The summed E-state index contributed by atoms with van der Waals surface area (Å²) in [5, 5.41) is 4.10. The predicted octanol–water partition coefficient (Wildman–Crippen LogP) is 2.72. The Morgan fingerprint density at radius 3 is 2.71 bits per heavy atom. The fourth-order valence-electron chi connectivity index (χ4n) is 2.67. The number of aromatic amines is 1. The first kappa shape index (κ1) is 18.0. The van der Waals surface area contributed by atoms with Crippen LogP contribution in [0.4, 0.5) is 0 Å². The predicted molar refractivity (Wildman–Crippen MR) is 96.7 cm³/mol. The Balaban J connectivity index is 1.80. The summed E-state index contributed by atoms with van der Waals surface area (Å²) in [6, 6.07) is 8.12. The summed E-state index contributed by atoms with van der Waals surface area (Å²) in [7, 11) is 0. The summed E-state index contributed by atoms with van der Waals surface area (Å²) >= 11 is 0. The first-order valence-corrected chi connectivity index (χ1v) is 8.54. The monoisotopic (exact) mass is 329 g/mol. The molecule has 0 spiro atoms. The van der Waals surface area contributed by atoms with Gasteiger partial charge in [-0.1, -0.05) is 32.0 Å². The molecule has 1 aromatic heterocycles. The molecule has 5 heteroatoms. The normalized spacial score (nSPS) is 11.0. The Morgan fingerprint density at radius 1 is 1.25 bits per heavy atom. The minimum atomic E-state index is -0.103. The van der Waals surface area contributed by atoms with Gasteiger partial charge in [0.15, 0.2) is 0 Å². The topological polar surface area (TPSA) is 65.2 Å². The van der Waals surface area contributed by atoms with Gasteiger partial charge in [-0.25, -0.2) is 0 Å². The van der Waals surface area contributed by atoms with Crippen molar-refractivity contribution in [2.24, 2.45) is 5.92 Å². The number of aromatic nitrogens is 1. The number of carbonyl (C=O) groups excluding carboxylic acids is 2. The van der Waals surface area contributed by atoms with E-state index in [1.54, 1.807) is 4.90 Å². The maximum atomic E-state index is 12.1. The molecule has 0 aliphatic carbocycles. The Bertz CT molecular complexity index is 691. The van der Waals surface area contributed by atoms with Gasteiger partial charge in [-0.05, 0) is 30.4 Å². The average molecular weight is 329 g/mol. The van der Waals surface area contributed by atoms with E-state index in [1.807, 2.05) is 24.4 Å². The van der Waals surface area contributed by atoms with Crippen molar-refractivity contribution in [3.63, 3.8) is 0 Å². The van der Waals surface area contributed by atoms with Crippen LogP contribution in [-0.4, -0.2) is 41.3 Å². The van der Waals surface area contributed by atoms with Gasteiger partial charge in [0.1, 0.15) is 0 Å². The molecule has 0 atom stereocenters. The van der Waals surface area contributed by atoms with Gasteiger partial charge in [0.05, 0.1) is 6.54 Å². The lowest BCUT2D eigenvalue weighted by atomic mass is 10.1. The Hall–Kier alpha value is -2.30. The van der Waals surface area contributed by atoms with Crippen molar-refractivity contribution in [1.82, 2.24) is 15.2 Å². The number of amides is 2. The summed E-state index contributed by atoms with van der Waals surface area (Å²) < 4.78 is 0. The van der Waals surface area contributed by atoms with Crippen LogP contribution in [0.25, 0.3) is 10.9 Å². The minimum absolute atomic E-state index is 0.0533. The van der Waals surface area contributed by atoms with Crippen LogP contribution in [0.1, 0.15) is 32.8 Å². The van der Waals surface area contributed by atoms with Gasteiger partial charge in [0.2, 0.25) is 11.8 Å². The summed E-state index contributed by atoms with van der Waals surface area (Å²) in [6.45, 7) is 7.06. The lowest BCUT2D eigenvalue weighted by Crippen LogP contribution is -2.41. The second-order valence-electron chi connectivity index (χ2n) is 6.58. The van der Waals surface area contributed by atoms with E-state index in [0.717, 1.165) is 18.4 Å². The molecular weight excluding hydrogens is 302 g/mol. The third-order valence-electron chi connectivity index (χ3n) is 4.15. The van der Waals surface area contributed by atoms with E-state index >= 15 is 0 Å². The van der Waals surface area contributed by atoms with Crippen molar-refractivity contribution in [1.29, 1.82) is 0 Å². The van der Waals surface area contributed by atoms with Gasteiger partial charge in [0, 0.05) is 37.1 Å².